The topological polar surface area (TPSA) is 38.0 Å². The molecule has 1 aliphatic rings. The van der Waals surface area contributed by atoms with Gasteiger partial charge in [0.25, 0.3) is 0 Å². The Labute approximate surface area is 99.4 Å². The lowest BCUT2D eigenvalue weighted by Crippen LogP contribution is -2.25. The van der Waals surface area contributed by atoms with E-state index in [-0.39, 0.29) is 0 Å². The smallest absolute Gasteiger partial charge is 0.0370 e. The molecule has 0 unspecified atom stereocenters. The van der Waals surface area contributed by atoms with Crippen LogP contribution >= 0.6 is 15.9 Å². The van der Waals surface area contributed by atoms with E-state index in [1.54, 1.807) is 0 Å². The highest BCUT2D eigenvalue weighted by Gasteiger charge is 2.14. The number of hydrogen-bond acceptors (Lipinski definition) is 2. The molecule has 0 heterocycles. The predicted octanol–water partition coefficient (Wildman–Crippen LogP) is 3.06. The highest BCUT2D eigenvalue weighted by molar-refractivity contribution is 9.10. The highest BCUT2D eigenvalue weighted by atomic mass is 79.9. The van der Waals surface area contributed by atoms with Crippen LogP contribution in [-0.2, 0) is 6.54 Å². The van der Waals surface area contributed by atoms with Gasteiger partial charge in [0.2, 0.25) is 0 Å². The molecule has 0 amide bonds. The molecule has 0 atom stereocenters. The van der Waals surface area contributed by atoms with Crippen molar-refractivity contribution in [3.8, 4) is 0 Å². The summed E-state index contributed by atoms with van der Waals surface area (Å²) in [6, 6.07) is 6.79. The average Bonchev–Trinajstić information content (AvgIpc) is 2.69. The summed E-state index contributed by atoms with van der Waals surface area (Å²) in [6.45, 7) is 0.893. The van der Waals surface area contributed by atoms with Gasteiger partial charge in [-0.1, -0.05) is 34.8 Å². The number of halogens is 1. The number of benzene rings is 1. The molecule has 1 aromatic rings. The minimum absolute atomic E-state index is 0.702. The van der Waals surface area contributed by atoms with Crippen LogP contribution in [-0.4, -0.2) is 6.04 Å². The first-order chi connectivity index (χ1) is 7.25. The molecule has 3 heteroatoms. The van der Waals surface area contributed by atoms with E-state index < -0.39 is 0 Å². The molecule has 3 N–H and O–H groups in total. The number of nitrogens with one attached hydrogen (secondary N) is 1. The fourth-order valence-corrected chi connectivity index (χ4v) is 2.49. The minimum Gasteiger partial charge on any atom is -0.398 e. The Hall–Kier alpha value is -0.540. The maximum absolute atomic E-state index is 5.94. The molecule has 0 aromatic heterocycles. The first-order valence-electron chi connectivity index (χ1n) is 5.53. The van der Waals surface area contributed by atoms with Crippen LogP contribution in [0.15, 0.2) is 22.7 Å². The van der Waals surface area contributed by atoms with Gasteiger partial charge in [0.15, 0.2) is 0 Å². The zero-order valence-electron chi connectivity index (χ0n) is 8.80. The van der Waals surface area contributed by atoms with Crippen LogP contribution in [0.25, 0.3) is 0 Å². The summed E-state index contributed by atoms with van der Waals surface area (Å²) in [5.41, 5.74) is 8.01. The van der Waals surface area contributed by atoms with E-state index in [0.29, 0.717) is 6.04 Å². The van der Waals surface area contributed by atoms with E-state index in [1.807, 2.05) is 12.1 Å². The Balaban J connectivity index is 1.92. The Morgan fingerprint density at radius 3 is 2.73 bits per heavy atom. The second-order valence-corrected chi connectivity index (χ2v) is 5.12. The quantitative estimate of drug-likeness (QED) is 0.828. The number of rotatable bonds is 3. The first kappa shape index (κ1) is 11.0. The molecule has 0 saturated heterocycles. The summed E-state index contributed by atoms with van der Waals surface area (Å²) in [6.07, 6.45) is 5.37. The molecule has 1 aliphatic carbocycles. The number of nitrogen functional groups attached to an aromatic ring is 1. The lowest BCUT2D eigenvalue weighted by molar-refractivity contribution is 0.525. The van der Waals surface area contributed by atoms with Crippen LogP contribution in [0.5, 0.6) is 0 Å². The molecular formula is C12H17BrN2. The summed E-state index contributed by atoms with van der Waals surface area (Å²) < 4.78 is 1.05. The van der Waals surface area contributed by atoms with Crippen molar-refractivity contribution in [1.82, 2.24) is 5.32 Å². The summed E-state index contributed by atoms with van der Waals surface area (Å²) in [7, 11) is 0. The zero-order valence-corrected chi connectivity index (χ0v) is 10.4. The maximum atomic E-state index is 5.94. The predicted molar refractivity (Wildman–Crippen MR) is 67.7 cm³/mol. The van der Waals surface area contributed by atoms with Crippen molar-refractivity contribution in [1.29, 1.82) is 0 Å². The van der Waals surface area contributed by atoms with Crippen LogP contribution in [0.2, 0.25) is 0 Å². The maximum Gasteiger partial charge on any atom is 0.0370 e. The minimum atomic E-state index is 0.702. The van der Waals surface area contributed by atoms with Crippen LogP contribution in [0.4, 0.5) is 5.69 Å². The van der Waals surface area contributed by atoms with Crippen molar-refractivity contribution >= 4 is 21.6 Å². The van der Waals surface area contributed by atoms with Crippen LogP contribution in [0, 0.1) is 0 Å². The number of anilines is 1. The molecule has 1 saturated carbocycles. The van der Waals surface area contributed by atoms with Crippen LogP contribution < -0.4 is 11.1 Å². The van der Waals surface area contributed by atoms with Crippen molar-refractivity contribution in [2.24, 2.45) is 0 Å². The molecule has 1 fully saturated rings. The zero-order chi connectivity index (χ0) is 10.7. The van der Waals surface area contributed by atoms with Gasteiger partial charge in [-0.15, -0.1) is 0 Å². The molecule has 0 radical (unpaired) electrons. The van der Waals surface area contributed by atoms with E-state index in [9.17, 15) is 0 Å². The van der Waals surface area contributed by atoms with Crippen molar-refractivity contribution in [2.45, 2.75) is 38.3 Å². The van der Waals surface area contributed by atoms with Crippen molar-refractivity contribution in [3.05, 3.63) is 28.2 Å². The molecule has 2 rings (SSSR count). The average molecular weight is 269 g/mol. The van der Waals surface area contributed by atoms with Crippen molar-refractivity contribution in [2.75, 3.05) is 5.73 Å². The lowest BCUT2D eigenvalue weighted by Gasteiger charge is -2.13. The van der Waals surface area contributed by atoms with Gasteiger partial charge in [-0.2, -0.15) is 0 Å². The molecule has 15 heavy (non-hydrogen) atoms. The molecule has 82 valence electrons. The van der Waals surface area contributed by atoms with E-state index in [4.69, 9.17) is 5.73 Å². The van der Waals surface area contributed by atoms with E-state index in [2.05, 4.69) is 27.3 Å². The molecule has 0 bridgehead atoms. The first-order valence-corrected chi connectivity index (χ1v) is 6.32. The monoisotopic (exact) mass is 268 g/mol. The molecule has 0 spiro atoms. The Bertz CT molecular complexity index is 332. The van der Waals surface area contributed by atoms with Crippen molar-refractivity contribution < 1.29 is 0 Å². The third-order valence-electron chi connectivity index (χ3n) is 3.04. The Morgan fingerprint density at radius 1 is 1.33 bits per heavy atom. The molecular weight excluding hydrogens is 252 g/mol. The summed E-state index contributed by atoms with van der Waals surface area (Å²) in [4.78, 5) is 0. The van der Waals surface area contributed by atoms with Crippen molar-refractivity contribution in [3.63, 3.8) is 0 Å². The van der Waals surface area contributed by atoms with E-state index >= 15 is 0 Å². The largest absolute Gasteiger partial charge is 0.398 e. The van der Waals surface area contributed by atoms with Gasteiger partial charge in [0, 0.05) is 22.7 Å². The number of hydrogen-bond donors (Lipinski definition) is 2. The van der Waals surface area contributed by atoms with Crippen LogP contribution in [0.3, 0.4) is 0 Å². The molecule has 1 aromatic carbocycles. The normalized spacial score (nSPS) is 17.1. The van der Waals surface area contributed by atoms with Gasteiger partial charge < -0.3 is 11.1 Å². The second kappa shape index (κ2) is 4.99. The van der Waals surface area contributed by atoms with Gasteiger partial charge in [-0.25, -0.2) is 0 Å². The third kappa shape index (κ3) is 2.95. The summed E-state index contributed by atoms with van der Waals surface area (Å²) in [5, 5.41) is 3.56. The van der Waals surface area contributed by atoms with Gasteiger partial charge in [0.1, 0.15) is 0 Å². The molecule has 0 aliphatic heterocycles. The SMILES string of the molecule is Nc1cc(Br)ccc1CNC1CCCC1. The van der Waals surface area contributed by atoms with Gasteiger partial charge in [-0.3, -0.25) is 0 Å². The van der Waals surface area contributed by atoms with Gasteiger partial charge >= 0.3 is 0 Å². The van der Waals surface area contributed by atoms with E-state index in [1.165, 1.54) is 31.2 Å². The summed E-state index contributed by atoms with van der Waals surface area (Å²) in [5.74, 6) is 0. The fourth-order valence-electron chi connectivity index (χ4n) is 2.11. The second-order valence-electron chi connectivity index (χ2n) is 4.21. The Morgan fingerprint density at radius 2 is 2.07 bits per heavy atom. The lowest BCUT2D eigenvalue weighted by atomic mass is 10.1. The van der Waals surface area contributed by atoms with Gasteiger partial charge in [-0.05, 0) is 30.5 Å². The fraction of sp³-hybridized carbons (Fsp3) is 0.500. The standard InChI is InChI=1S/C12H17BrN2/c13-10-6-5-9(12(14)7-10)8-15-11-3-1-2-4-11/h5-7,11,15H,1-4,8,14H2. The van der Waals surface area contributed by atoms with Crippen LogP contribution in [0.1, 0.15) is 31.2 Å². The highest BCUT2D eigenvalue weighted by Crippen LogP contribution is 2.21. The van der Waals surface area contributed by atoms with E-state index in [0.717, 1.165) is 16.7 Å². The third-order valence-corrected chi connectivity index (χ3v) is 3.54. The Kier molecular flexibility index (Phi) is 3.65. The number of nitrogens with two attached hydrogens (primary N) is 1. The van der Waals surface area contributed by atoms with Gasteiger partial charge in [0.05, 0.1) is 0 Å². The summed E-state index contributed by atoms with van der Waals surface area (Å²) >= 11 is 3.41. The molecule has 2 nitrogen and oxygen atoms in total.